The molecule has 0 aliphatic carbocycles. The van der Waals surface area contributed by atoms with E-state index in [0.29, 0.717) is 0 Å². The highest BCUT2D eigenvalue weighted by atomic mass is 32.2. The number of aliphatic hydroxyl groups is 1. The molecule has 0 spiro atoms. The Hall–Kier alpha value is -2.46. The van der Waals surface area contributed by atoms with Gasteiger partial charge in [-0.05, 0) is 37.1 Å². The smallest absolute Gasteiger partial charge is 0.251 e. The third-order valence-electron chi connectivity index (χ3n) is 4.72. The largest absolute Gasteiger partial charge is 0.389 e. The fraction of sp³-hybridized carbons (Fsp3) is 0.333. The Morgan fingerprint density at radius 3 is 2.36 bits per heavy atom. The molecule has 28 heavy (non-hydrogen) atoms. The monoisotopic (exact) mass is 417 g/mol. The molecule has 0 saturated heterocycles. The number of benzene rings is 1. The van der Waals surface area contributed by atoms with Crippen molar-refractivity contribution in [2.24, 2.45) is 0 Å². The van der Waals surface area contributed by atoms with Crippen LogP contribution in [0.5, 0.6) is 0 Å². The molecule has 0 aliphatic heterocycles. The standard InChI is InChI=1S/C18H18F3NO5S/c1-18(14(24)10-23,28(2,26)27)6-8-22-7-5-11(9-15(22)25)12-3-4-13(19)17(21)16(12)20/h3-5,7,9,23H,6,8,10H2,1-2H3/t18-/m1/s1. The Balaban J connectivity index is 2.35. The van der Waals surface area contributed by atoms with Gasteiger partial charge in [0.2, 0.25) is 0 Å². The second-order valence-corrected chi connectivity index (χ2v) is 8.95. The normalized spacial score (nSPS) is 13.9. The Morgan fingerprint density at radius 1 is 1.18 bits per heavy atom. The minimum Gasteiger partial charge on any atom is -0.389 e. The molecule has 2 aromatic rings. The molecule has 0 amide bonds. The molecule has 6 nitrogen and oxygen atoms in total. The molecule has 0 unspecified atom stereocenters. The summed E-state index contributed by atoms with van der Waals surface area (Å²) in [6.07, 6.45) is 1.81. The third kappa shape index (κ3) is 4.02. The maximum absolute atomic E-state index is 13.9. The molecule has 0 fully saturated rings. The van der Waals surface area contributed by atoms with Crippen molar-refractivity contribution in [3.05, 3.63) is 58.3 Å². The van der Waals surface area contributed by atoms with Crippen LogP contribution < -0.4 is 5.56 Å². The van der Waals surface area contributed by atoms with Gasteiger partial charge >= 0.3 is 0 Å². The van der Waals surface area contributed by atoms with Crippen LogP contribution in [0.25, 0.3) is 11.1 Å². The molecule has 1 aromatic heterocycles. The number of nitrogens with zero attached hydrogens (tertiary/aromatic N) is 1. The first-order valence-electron chi connectivity index (χ1n) is 8.10. The summed E-state index contributed by atoms with van der Waals surface area (Å²) in [7, 11) is -3.88. The van der Waals surface area contributed by atoms with E-state index in [1.807, 2.05) is 0 Å². The number of hydrogen-bond donors (Lipinski definition) is 1. The first-order chi connectivity index (χ1) is 12.9. The Kier molecular flexibility index (Phi) is 6.15. The number of aliphatic hydroxyl groups excluding tert-OH is 1. The van der Waals surface area contributed by atoms with E-state index in [-0.39, 0.29) is 24.1 Å². The molecule has 1 N–H and O–H groups in total. The lowest BCUT2D eigenvalue weighted by Crippen LogP contribution is -2.46. The number of carbonyl (C=O) groups is 1. The fourth-order valence-electron chi connectivity index (χ4n) is 2.64. The summed E-state index contributed by atoms with van der Waals surface area (Å²) in [6, 6.07) is 4.00. The average molecular weight is 417 g/mol. The number of sulfone groups is 1. The lowest BCUT2D eigenvalue weighted by Gasteiger charge is -2.25. The van der Waals surface area contributed by atoms with Crippen LogP contribution in [0.15, 0.2) is 35.3 Å². The average Bonchev–Trinajstić information content (AvgIpc) is 2.63. The number of aryl methyl sites for hydroxylation is 1. The van der Waals surface area contributed by atoms with Crippen LogP contribution in [-0.2, 0) is 21.2 Å². The summed E-state index contributed by atoms with van der Waals surface area (Å²) in [6.45, 7) is 0.0262. The van der Waals surface area contributed by atoms with Crippen molar-refractivity contribution >= 4 is 15.6 Å². The molecule has 0 bridgehead atoms. The number of Topliss-reactive ketones (excluding diaryl/α,β-unsaturated/α-hetero) is 1. The fourth-order valence-corrected chi connectivity index (χ4v) is 3.58. The van der Waals surface area contributed by atoms with Crippen LogP contribution in [0.2, 0.25) is 0 Å². The molecule has 10 heteroatoms. The highest BCUT2D eigenvalue weighted by Gasteiger charge is 2.42. The van der Waals surface area contributed by atoms with Gasteiger partial charge in [0.25, 0.3) is 5.56 Å². The molecule has 0 saturated carbocycles. The lowest BCUT2D eigenvalue weighted by molar-refractivity contribution is -0.124. The van der Waals surface area contributed by atoms with Crippen molar-refractivity contribution in [1.82, 2.24) is 4.57 Å². The van der Waals surface area contributed by atoms with Crippen LogP contribution in [0.1, 0.15) is 13.3 Å². The van der Waals surface area contributed by atoms with Gasteiger partial charge in [-0.2, -0.15) is 0 Å². The molecular formula is C18H18F3NO5S. The van der Waals surface area contributed by atoms with E-state index in [0.717, 1.165) is 35.9 Å². The second kappa shape index (κ2) is 7.88. The summed E-state index contributed by atoms with van der Waals surface area (Å²) in [5.74, 6) is -5.35. The van der Waals surface area contributed by atoms with Crippen molar-refractivity contribution in [2.75, 3.05) is 12.9 Å². The van der Waals surface area contributed by atoms with Gasteiger partial charge < -0.3 is 9.67 Å². The molecule has 0 aliphatic rings. The van der Waals surface area contributed by atoms with Crippen LogP contribution in [-0.4, -0.2) is 41.5 Å². The van der Waals surface area contributed by atoms with Crippen molar-refractivity contribution < 1.29 is 31.5 Å². The molecule has 1 aromatic carbocycles. The van der Waals surface area contributed by atoms with Gasteiger partial charge in [-0.1, -0.05) is 0 Å². The van der Waals surface area contributed by atoms with E-state index in [1.54, 1.807) is 0 Å². The van der Waals surface area contributed by atoms with E-state index < -0.39 is 50.0 Å². The van der Waals surface area contributed by atoms with Crippen LogP contribution in [0.3, 0.4) is 0 Å². The Labute approximate surface area is 159 Å². The maximum Gasteiger partial charge on any atom is 0.251 e. The number of carbonyl (C=O) groups excluding carboxylic acids is 1. The minimum atomic E-state index is -3.88. The number of hydrogen-bond acceptors (Lipinski definition) is 5. The Morgan fingerprint density at radius 2 is 1.82 bits per heavy atom. The van der Waals surface area contributed by atoms with E-state index in [2.05, 4.69) is 0 Å². The molecule has 152 valence electrons. The SMILES string of the molecule is C[C@@](CCn1ccc(-c2ccc(F)c(F)c2F)cc1=O)(C(=O)CO)S(C)(=O)=O. The predicted octanol–water partition coefficient (Wildman–Crippen LogP) is 1.69. The minimum absolute atomic E-state index is 0.00922. The van der Waals surface area contributed by atoms with E-state index in [9.17, 15) is 31.2 Å². The van der Waals surface area contributed by atoms with E-state index in [4.69, 9.17) is 5.11 Å². The van der Waals surface area contributed by atoms with Crippen LogP contribution in [0, 0.1) is 17.5 Å². The van der Waals surface area contributed by atoms with E-state index >= 15 is 0 Å². The first-order valence-corrected chi connectivity index (χ1v) is 9.99. The first kappa shape index (κ1) is 21.8. The number of pyridine rings is 1. The molecule has 1 atom stereocenters. The van der Waals surface area contributed by atoms with Crippen molar-refractivity contribution in [3.63, 3.8) is 0 Å². The van der Waals surface area contributed by atoms with Crippen molar-refractivity contribution in [1.29, 1.82) is 0 Å². The van der Waals surface area contributed by atoms with Gasteiger partial charge in [-0.3, -0.25) is 9.59 Å². The lowest BCUT2D eigenvalue weighted by atomic mass is 10.0. The second-order valence-electron chi connectivity index (χ2n) is 6.50. The predicted molar refractivity (Wildman–Crippen MR) is 96.0 cm³/mol. The zero-order valence-corrected chi connectivity index (χ0v) is 15.9. The van der Waals surface area contributed by atoms with Gasteiger partial charge in [0.15, 0.2) is 33.1 Å². The third-order valence-corrected chi connectivity index (χ3v) is 6.79. The maximum atomic E-state index is 13.9. The Bertz CT molecular complexity index is 1080. The summed E-state index contributed by atoms with van der Waals surface area (Å²) >= 11 is 0. The molecular weight excluding hydrogens is 399 g/mol. The summed E-state index contributed by atoms with van der Waals surface area (Å²) in [5, 5.41) is 9.04. The van der Waals surface area contributed by atoms with Crippen molar-refractivity contribution in [3.8, 4) is 11.1 Å². The number of halogens is 3. The summed E-state index contributed by atoms with van der Waals surface area (Å²) in [5.41, 5.74) is -0.955. The zero-order chi connectivity index (χ0) is 21.3. The van der Waals surface area contributed by atoms with Crippen molar-refractivity contribution in [2.45, 2.75) is 24.6 Å². The number of rotatable bonds is 7. The van der Waals surface area contributed by atoms with Gasteiger partial charge in [-0.15, -0.1) is 0 Å². The quantitative estimate of drug-likeness (QED) is 0.692. The number of ketones is 1. The highest BCUT2D eigenvalue weighted by molar-refractivity contribution is 7.92. The van der Waals surface area contributed by atoms with Gasteiger partial charge in [-0.25, -0.2) is 21.6 Å². The van der Waals surface area contributed by atoms with Gasteiger partial charge in [0, 0.05) is 30.6 Å². The van der Waals surface area contributed by atoms with E-state index in [1.165, 1.54) is 12.3 Å². The van der Waals surface area contributed by atoms with Gasteiger partial charge in [0.1, 0.15) is 11.4 Å². The summed E-state index contributed by atoms with van der Waals surface area (Å²) in [4.78, 5) is 24.2. The summed E-state index contributed by atoms with van der Waals surface area (Å²) < 4.78 is 63.5. The topological polar surface area (TPSA) is 93.4 Å². The molecule has 1 heterocycles. The zero-order valence-electron chi connectivity index (χ0n) is 15.1. The van der Waals surface area contributed by atoms with Crippen LogP contribution in [0.4, 0.5) is 13.2 Å². The molecule has 2 rings (SSSR count). The number of aromatic nitrogens is 1. The molecule has 0 radical (unpaired) electrons. The highest BCUT2D eigenvalue weighted by Crippen LogP contribution is 2.26. The van der Waals surface area contributed by atoms with Gasteiger partial charge in [0.05, 0.1) is 0 Å². The van der Waals surface area contributed by atoms with Crippen LogP contribution >= 0.6 is 0 Å².